The number of aromatic nitrogens is 3. The predicted octanol–water partition coefficient (Wildman–Crippen LogP) is 5.61. The molecule has 2 aliphatic rings. The van der Waals surface area contributed by atoms with E-state index in [0.717, 1.165) is 39.4 Å². The molecule has 0 spiro atoms. The molecule has 3 amide bonds. The molecule has 260 valence electrons. The maximum Gasteiger partial charge on any atom is 0.490 e. The van der Waals surface area contributed by atoms with Crippen LogP contribution >= 0.6 is 0 Å². The Hall–Kier alpha value is -5.66. The molecule has 0 aliphatic carbocycles. The van der Waals surface area contributed by atoms with Gasteiger partial charge in [-0.05, 0) is 65.4 Å². The number of benzene rings is 2. The van der Waals surface area contributed by atoms with E-state index in [1.807, 2.05) is 85.2 Å². The van der Waals surface area contributed by atoms with Gasteiger partial charge < -0.3 is 30.2 Å². The van der Waals surface area contributed by atoms with Crippen molar-refractivity contribution in [2.75, 3.05) is 13.1 Å². The van der Waals surface area contributed by atoms with Crippen molar-refractivity contribution in [2.24, 2.45) is 5.41 Å². The van der Waals surface area contributed by atoms with Gasteiger partial charge >= 0.3 is 12.1 Å². The maximum atomic E-state index is 13.9. The zero-order valence-electron chi connectivity index (χ0n) is 27.4. The summed E-state index contributed by atoms with van der Waals surface area (Å²) in [6.07, 6.45) is -0.816. The normalized spacial score (nSPS) is 17.8. The van der Waals surface area contributed by atoms with Crippen molar-refractivity contribution in [3.8, 4) is 11.1 Å². The number of pyridine rings is 1. The standard InChI is InChI=1S/C34H34N6O3.C2HF3O2/c1-34(2,3)30(38-31(41)28-15-22-6-4-5-7-26(22)36-28)33(43)40-19-24-17-25(40)18-39(24)32(42)29-16-23-14-21(8-9-27(23)37-29)20-10-12-35-13-11-20;3-2(4,5)1(6)7/h4-16,24-25,30,36-37H,17-19H2,1-3H3,(H,38,41);(H,6,7)/t24-,25-,30+;/m0./s1. The second kappa shape index (κ2) is 13.0. The number of aromatic amines is 2. The van der Waals surface area contributed by atoms with Crippen molar-refractivity contribution in [1.29, 1.82) is 0 Å². The summed E-state index contributed by atoms with van der Waals surface area (Å²) in [6, 6.07) is 20.6. The lowest BCUT2D eigenvalue weighted by atomic mass is 9.85. The summed E-state index contributed by atoms with van der Waals surface area (Å²) in [5, 5.41) is 12.0. The van der Waals surface area contributed by atoms with Crippen LogP contribution in [-0.2, 0) is 9.59 Å². The van der Waals surface area contributed by atoms with Gasteiger partial charge in [0, 0.05) is 47.3 Å². The fourth-order valence-electron chi connectivity index (χ4n) is 6.53. The summed E-state index contributed by atoms with van der Waals surface area (Å²) < 4.78 is 31.7. The van der Waals surface area contributed by atoms with Crippen molar-refractivity contribution >= 4 is 45.5 Å². The molecule has 7 rings (SSSR count). The minimum absolute atomic E-state index is 0.0549. The molecule has 2 aromatic carbocycles. The van der Waals surface area contributed by atoms with E-state index in [4.69, 9.17) is 9.90 Å². The van der Waals surface area contributed by atoms with Crippen LogP contribution in [0.3, 0.4) is 0 Å². The van der Waals surface area contributed by atoms with Gasteiger partial charge in [0.1, 0.15) is 17.4 Å². The number of nitrogens with one attached hydrogen (secondary N) is 3. The third-order valence-corrected chi connectivity index (χ3v) is 9.05. The average molecular weight is 689 g/mol. The van der Waals surface area contributed by atoms with Crippen molar-refractivity contribution in [3.63, 3.8) is 0 Å². The molecule has 3 aromatic heterocycles. The van der Waals surface area contributed by atoms with Gasteiger partial charge in [-0.25, -0.2) is 4.79 Å². The summed E-state index contributed by atoms with van der Waals surface area (Å²) in [5.74, 6) is -3.23. The molecule has 2 fully saturated rings. The van der Waals surface area contributed by atoms with Crippen LogP contribution in [0, 0.1) is 5.41 Å². The van der Waals surface area contributed by atoms with E-state index in [2.05, 4.69) is 26.3 Å². The predicted molar refractivity (Wildman–Crippen MR) is 179 cm³/mol. The summed E-state index contributed by atoms with van der Waals surface area (Å²) in [6.45, 7) is 6.81. The molecule has 5 heterocycles. The highest BCUT2D eigenvalue weighted by molar-refractivity contribution is 6.01. The molecule has 5 aromatic rings. The van der Waals surface area contributed by atoms with Gasteiger partial charge in [0.25, 0.3) is 11.8 Å². The number of para-hydroxylation sites is 1. The van der Waals surface area contributed by atoms with Gasteiger partial charge in [0.05, 0.1) is 12.1 Å². The van der Waals surface area contributed by atoms with Crippen LogP contribution in [0.5, 0.6) is 0 Å². The van der Waals surface area contributed by atoms with E-state index in [1.165, 1.54) is 0 Å². The van der Waals surface area contributed by atoms with Gasteiger partial charge in [-0.2, -0.15) is 13.2 Å². The van der Waals surface area contributed by atoms with Crippen molar-refractivity contribution in [1.82, 2.24) is 30.1 Å². The first-order valence-corrected chi connectivity index (χ1v) is 15.9. The Kier molecular flexibility index (Phi) is 8.89. The van der Waals surface area contributed by atoms with Crippen molar-refractivity contribution in [2.45, 2.75) is 51.5 Å². The fraction of sp³-hybridized carbons (Fsp3) is 0.306. The summed E-state index contributed by atoms with van der Waals surface area (Å²) in [7, 11) is 0. The Balaban J connectivity index is 0.000000561. The second-order valence-corrected chi connectivity index (χ2v) is 13.6. The van der Waals surface area contributed by atoms with E-state index >= 15 is 0 Å². The Morgan fingerprint density at radius 2 is 1.42 bits per heavy atom. The van der Waals surface area contributed by atoms with Crippen LogP contribution in [0.1, 0.15) is 48.2 Å². The largest absolute Gasteiger partial charge is 0.490 e. The molecule has 2 bridgehead atoms. The SMILES string of the molecule is CC(C)(C)[C@H](NC(=O)c1cc2ccccc2[nH]1)C(=O)N1C[C@@H]2C[C@H]1CN2C(=O)c1cc2cc(-c3ccncc3)ccc2[nH]1.O=C(O)C(F)(F)F. The lowest BCUT2D eigenvalue weighted by Gasteiger charge is -2.39. The van der Waals surface area contributed by atoms with Crippen LogP contribution in [0.15, 0.2) is 79.1 Å². The quantitative estimate of drug-likeness (QED) is 0.188. The molecule has 0 saturated carbocycles. The number of rotatable bonds is 5. The molecular weight excluding hydrogens is 653 g/mol. The number of piperazine rings is 1. The van der Waals surface area contributed by atoms with Gasteiger partial charge in [0.15, 0.2) is 0 Å². The van der Waals surface area contributed by atoms with E-state index in [0.29, 0.717) is 24.5 Å². The summed E-state index contributed by atoms with van der Waals surface area (Å²) in [5.41, 5.74) is 4.37. The van der Waals surface area contributed by atoms with E-state index in [9.17, 15) is 27.6 Å². The lowest BCUT2D eigenvalue weighted by Crippen LogP contribution is -2.59. The molecule has 0 radical (unpaired) electrons. The Labute approximate surface area is 284 Å². The van der Waals surface area contributed by atoms with Crippen LogP contribution in [-0.4, -0.2) is 90.9 Å². The van der Waals surface area contributed by atoms with Crippen molar-refractivity contribution < 1.29 is 37.5 Å². The molecule has 14 heteroatoms. The highest BCUT2D eigenvalue weighted by Crippen LogP contribution is 2.35. The highest BCUT2D eigenvalue weighted by atomic mass is 19.4. The summed E-state index contributed by atoms with van der Waals surface area (Å²) in [4.78, 5) is 64.0. The lowest BCUT2D eigenvalue weighted by molar-refractivity contribution is -0.192. The number of carbonyl (C=O) groups is 4. The zero-order valence-corrected chi connectivity index (χ0v) is 27.4. The van der Waals surface area contributed by atoms with Crippen LogP contribution in [0.2, 0.25) is 0 Å². The van der Waals surface area contributed by atoms with E-state index in [1.54, 1.807) is 18.5 Å². The molecular formula is C36H35F3N6O5. The smallest absolute Gasteiger partial charge is 0.475 e. The first-order chi connectivity index (χ1) is 23.6. The number of nitrogens with zero attached hydrogens (tertiary/aromatic N) is 3. The number of aliphatic carboxylic acids is 1. The number of carboxylic acids is 1. The number of alkyl halides is 3. The number of likely N-dealkylation sites (tertiary alicyclic amines) is 2. The van der Waals surface area contributed by atoms with Crippen LogP contribution in [0.25, 0.3) is 32.9 Å². The highest BCUT2D eigenvalue weighted by Gasteiger charge is 2.50. The number of halogens is 3. The number of hydrogen-bond donors (Lipinski definition) is 4. The molecule has 0 unspecified atom stereocenters. The van der Waals surface area contributed by atoms with Crippen LogP contribution < -0.4 is 5.32 Å². The number of H-pyrrole nitrogens is 2. The Morgan fingerprint density at radius 3 is 2.04 bits per heavy atom. The molecule has 2 saturated heterocycles. The molecule has 3 atom stereocenters. The number of carbonyl (C=O) groups excluding carboxylic acids is 3. The molecule has 11 nitrogen and oxygen atoms in total. The van der Waals surface area contributed by atoms with Gasteiger partial charge in [-0.1, -0.05) is 45.0 Å². The number of fused-ring (bicyclic) bond motifs is 4. The minimum atomic E-state index is -5.08. The minimum Gasteiger partial charge on any atom is -0.475 e. The van der Waals surface area contributed by atoms with Crippen molar-refractivity contribution in [3.05, 3.63) is 90.5 Å². The van der Waals surface area contributed by atoms with Crippen LogP contribution in [0.4, 0.5) is 13.2 Å². The third kappa shape index (κ3) is 6.91. The topological polar surface area (TPSA) is 151 Å². The molecule has 50 heavy (non-hydrogen) atoms. The summed E-state index contributed by atoms with van der Waals surface area (Å²) >= 11 is 0. The first kappa shape index (κ1) is 34.2. The van der Waals surface area contributed by atoms with Gasteiger partial charge in [-0.3, -0.25) is 19.4 Å². The Bertz CT molecular complexity index is 2050. The average Bonchev–Trinajstić information content (AvgIpc) is 3.88. The number of hydrogen-bond acceptors (Lipinski definition) is 5. The van der Waals surface area contributed by atoms with E-state index in [-0.39, 0.29) is 29.8 Å². The first-order valence-electron chi connectivity index (χ1n) is 15.9. The third-order valence-electron chi connectivity index (χ3n) is 9.05. The molecule has 4 N–H and O–H groups in total. The fourth-order valence-corrected chi connectivity index (χ4v) is 6.53. The number of amides is 3. The Morgan fingerprint density at radius 1 is 0.820 bits per heavy atom. The van der Waals surface area contributed by atoms with E-state index < -0.39 is 23.6 Å². The molecule has 2 aliphatic heterocycles. The second-order valence-electron chi connectivity index (χ2n) is 13.6. The number of carboxylic acid groups (broad SMARTS) is 1. The zero-order chi connectivity index (χ0) is 36.0. The monoisotopic (exact) mass is 688 g/mol. The van der Waals surface area contributed by atoms with Gasteiger partial charge in [-0.15, -0.1) is 0 Å². The van der Waals surface area contributed by atoms with Gasteiger partial charge in [0.2, 0.25) is 5.91 Å². The maximum absolute atomic E-state index is 13.9.